The van der Waals surface area contributed by atoms with Gasteiger partial charge in [0, 0.05) is 12.6 Å². The van der Waals surface area contributed by atoms with E-state index in [1.54, 1.807) is 0 Å². The molecule has 0 bridgehead atoms. The van der Waals surface area contributed by atoms with Gasteiger partial charge in [0.05, 0.1) is 5.70 Å². The standard InChI is InChI=1S/C12H13N3/c1-9-14-12-10(6-4-8-13-12)5-3-7-11(12)15(9)2/h3-8,13H,1-2H3. The maximum atomic E-state index is 4.74. The molecule has 1 spiro atoms. The van der Waals surface area contributed by atoms with E-state index in [0.29, 0.717) is 0 Å². The van der Waals surface area contributed by atoms with E-state index in [0.717, 1.165) is 5.84 Å². The number of hydrogen-bond acceptors (Lipinski definition) is 3. The topological polar surface area (TPSA) is 27.6 Å². The van der Waals surface area contributed by atoms with Crippen LogP contribution in [-0.2, 0) is 0 Å². The summed E-state index contributed by atoms with van der Waals surface area (Å²) in [5, 5.41) is 3.36. The molecular formula is C12H13N3. The van der Waals surface area contributed by atoms with Crippen LogP contribution >= 0.6 is 0 Å². The lowest BCUT2D eigenvalue weighted by molar-refractivity contribution is 0.471. The minimum atomic E-state index is -0.359. The van der Waals surface area contributed by atoms with Crippen LogP contribution in [0.3, 0.4) is 0 Å². The average Bonchev–Trinajstić information content (AvgIpc) is 2.50. The maximum Gasteiger partial charge on any atom is 0.198 e. The number of hydrogen-bond donors (Lipinski definition) is 1. The van der Waals surface area contributed by atoms with Gasteiger partial charge >= 0.3 is 0 Å². The Labute approximate surface area is 89.2 Å². The molecular weight excluding hydrogens is 186 g/mol. The monoisotopic (exact) mass is 199 g/mol. The van der Waals surface area contributed by atoms with Crippen molar-refractivity contribution >= 4 is 5.84 Å². The van der Waals surface area contributed by atoms with Crippen molar-refractivity contribution in [2.75, 3.05) is 7.05 Å². The summed E-state index contributed by atoms with van der Waals surface area (Å²) in [6.45, 7) is 2.03. The van der Waals surface area contributed by atoms with Gasteiger partial charge in [-0.05, 0) is 25.3 Å². The normalized spacial score (nSPS) is 31.3. The minimum absolute atomic E-state index is 0.359. The zero-order valence-corrected chi connectivity index (χ0v) is 8.86. The summed E-state index contributed by atoms with van der Waals surface area (Å²) in [5.41, 5.74) is 2.03. The lowest BCUT2D eigenvalue weighted by Gasteiger charge is -2.34. The zero-order chi connectivity index (χ0) is 10.5. The Morgan fingerprint density at radius 1 is 1.33 bits per heavy atom. The molecule has 3 aliphatic rings. The molecule has 0 amide bonds. The molecule has 3 heteroatoms. The number of dihydropyridines is 1. The van der Waals surface area contributed by atoms with Crippen molar-refractivity contribution in [1.29, 1.82) is 0 Å². The lowest BCUT2D eigenvalue weighted by atomic mass is 9.90. The molecule has 3 nitrogen and oxygen atoms in total. The highest BCUT2D eigenvalue weighted by Crippen LogP contribution is 2.39. The second-order valence-corrected chi connectivity index (χ2v) is 3.96. The molecule has 76 valence electrons. The third kappa shape index (κ3) is 0.923. The molecule has 0 aromatic heterocycles. The Bertz CT molecular complexity index is 465. The summed E-state index contributed by atoms with van der Waals surface area (Å²) in [5.74, 6) is 1.04. The van der Waals surface area contributed by atoms with E-state index in [1.165, 1.54) is 11.3 Å². The highest BCUT2D eigenvalue weighted by atomic mass is 15.3. The van der Waals surface area contributed by atoms with Gasteiger partial charge in [0.2, 0.25) is 0 Å². The molecule has 15 heavy (non-hydrogen) atoms. The molecule has 0 fully saturated rings. The van der Waals surface area contributed by atoms with Gasteiger partial charge in [-0.3, -0.25) is 0 Å². The summed E-state index contributed by atoms with van der Waals surface area (Å²) in [7, 11) is 2.05. The molecule has 1 atom stereocenters. The Hall–Kier alpha value is -1.77. The SMILES string of the molecule is CC1=NC23NC=CC=C2C=CC=C3N1C. The highest BCUT2D eigenvalue weighted by molar-refractivity contribution is 5.87. The fraction of sp³-hybridized carbons (Fsp3) is 0.250. The van der Waals surface area contributed by atoms with E-state index in [2.05, 4.69) is 41.6 Å². The van der Waals surface area contributed by atoms with Gasteiger partial charge in [-0.15, -0.1) is 0 Å². The van der Waals surface area contributed by atoms with Gasteiger partial charge in [-0.2, -0.15) is 0 Å². The van der Waals surface area contributed by atoms with Gasteiger partial charge in [0.1, 0.15) is 5.84 Å². The van der Waals surface area contributed by atoms with Crippen LogP contribution in [0.2, 0.25) is 0 Å². The van der Waals surface area contributed by atoms with Crippen molar-refractivity contribution in [2.45, 2.75) is 12.6 Å². The number of amidine groups is 1. The highest BCUT2D eigenvalue weighted by Gasteiger charge is 2.45. The molecule has 0 aromatic rings. The Kier molecular flexibility index (Phi) is 1.49. The van der Waals surface area contributed by atoms with Gasteiger partial charge in [-0.25, -0.2) is 4.99 Å². The summed E-state index contributed by atoms with van der Waals surface area (Å²) >= 11 is 0. The predicted molar refractivity (Wildman–Crippen MR) is 61.2 cm³/mol. The first-order valence-electron chi connectivity index (χ1n) is 5.08. The molecule has 0 saturated heterocycles. The Morgan fingerprint density at radius 3 is 3.07 bits per heavy atom. The number of rotatable bonds is 0. The molecule has 2 aliphatic heterocycles. The molecule has 1 aliphatic carbocycles. The third-order valence-corrected chi connectivity index (χ3v) is 3.16. The second kappa shape index (κ2) is 2.63. The summed E-state index contributed by atoms with van der Waals surface area (Å²) in [6, 6.07) is 0. The van der Waals surface area contributed by atoms with E-state index in [9.17, 15) is 0 Å². The molecule has 0 saturated carbocycles. The first-order chi connectivity index (χ1) is 7.24. The number of likely N-dealkylation sites (N-methyl/N-ethyl adjacent to an activating group) is 1. The fourth-order valence-corrected chi connectivity index (χ4v) is 2.29. The molecule has 3 rings (SSSR count). The molecule has 1 unspecified atom stereocenters. The van der Waals surface area contributed by atoms with Crippen molar-refractivity contribution in [2.24, 2.45) is 4.99 Å². The van der Waals surface area contributed by atoms with Crippen LogP contribution in [0.1, 0.15) is 6.92 Å². The van der Waals surface area contributed by atoms with Crippen molar-refractivity contribution in [3.63, 3.8) is 0 Å². The van der Waals surface area contributed by atoms with E-state index >= 15 is 0 Å². The molecule has 1 N–H and O–H groups in total. The smallest absolute Gasteiger partial charge is 0.198 e. The van der Waals surface area contributed by atoms with Gasteiger partial charge < -0.3 is 10.2 Å². The van der Waals surface area contributed by atoms with E-state index in [4.69, 9.17) is 4.99 Å². The summed E-state index contributed by atoms with van der Waals surface area (Å²) < 4.78 is 0. The van der Waals surface area contributed by atoms with Gasteiger partial charge in [-0.1, -0.05) is 18.2 Å². The second-order valence-electron chi connectivity index (χ2n) is 3.96. The van der Waals surface area contributed by atoms with Crippen molar-refractivity contribution in [3.05, 3.63) is 47.9 Å². The minimum Gasteiger partial charge on any atom is -0.359 e. The van der Waals surface area contributed by atoms with Crippen molar-refractivity contribution in [3.8, 4) is 0 Å². The van der Waals surface area contributed by atoms with E-state index in [-0.39, 0.29) is 5.66 Å². The van der Waals surface area contributed by atoms with Crippen molar-refractivity contribution < 1.29 is 0 Å². The lowest BCUT2D eigenvalue weighted by Crippen LogP contribution is -2.46. The molecule has 0 radical (unpaired) electrons. The fourth-order valence-electron chi connectivity index (χ4n) is 2.29. The number of nitrogens with one attached hydrogen (secondary N) is 1. The Balaban J connectivity index is 2.22. The van der Waals surface area contributed by atoms with Crippen LogP contribution in [0.15, 0.2) is 52.8 Å². The van der Waals surface area contributed by atoms with Crippen LogP contribution in [0, 0.1) is 0 Å². The summed E-state index contributed by atoms with van der Waals surface area (Å²) in [4.78, 5) is 6.87. The quantitative estimate of drug-likeness (QED) is 0.641. The number of nitrogens with zero attached hydrogens (tertiary/aromatic N) is 2. The van der Waals surface area contributed by atoms with Crippen molar-refractivity contribution in [1.82, 2.24) is 10.2 Å². The molecule has 0 aromatic carbocycles. The first kappa shape index (κ1) is 8.53. The van der Waals surface area contributed by atoms with Gasteiger partial charge in [0.15, 0.2) is 5.66 Å². The Morgan fingerprint density at radius 2 is 2.20 bits per heavy atom. The van der Waals surface area contributed by atoms with Crippen LogP contribution in [0.25, 0.3) is 0 Å². The van der Waals surface area contributed by atoms with E-state index in [1.807, 2.05) is 19.2 Å². The largest absolute Gasteiger partial charge is 0.359 e. The third-order valence-electron chi connectivity index (χ3n) is 3.16. The average molecular weight is 199 g/mol. The maximum absolute atomic E-state index is 4.74. The predicted octanol–water partition coefficient (Wildman–Crippen LogP) is 1.54. The van der Waals surface area contributed by atoms with Crippen LogP contribution in [0.4, 0.5) is 0 Å². The van der Waals surface area contributed by atoms with Gasteiger partial charge in [0.25, 0.3) is 0 Å². The first-order valence-corrected chi connectivity index (χ1v) is 5.08. The van der Waals surface area contributed by atoms with Crippen LogP contribution in [-0.4, -0.2) is 23.4 Å². The number of aliphatic imine (C=N–C) groups is 1. The number of allylic oxidation sites excluding steroid dienone is 4. The van der Waals surface area contributed by atoms with E-state index < -0.39 is 0 Å². The van der Waals surface area contributed by atoms with Crippen LogP contribution < -0.4 is 5.32 Å². The molecule has 2 heterocycles. The van der Waals surface area contributed by atoms with Crippen LogP contribution in [0.5, 0.6) is 0 Å². The summed E-state index contributed by atoms with van der Waals surface area (Å²) in [6.07, 6.45) is 12.4. The zero-order valence-electron chi connectivity index (χ0n) is 8.86.